The second kappa shape index (κ2) is 6.41. The molecule has 19 heavy (non-hydrogen) atoms. The Bertz CT molecular complexity index is 411. The van der Waals surface area contributed by atoms with Gasteiger partial charge in [0, 0.05) is 11.0 Å². The molecule has 0 amide bonds. The monoisotopic (exact) mass is 323 g/mol. The minimum absolute atomic E-state index is 0.402. The molecule has 1 saturated carbocycles. The van der Waals surface area contributed by atoms with Crippen molar-refractivity contribution in [2.75, 3.05) is 13.1 Å². The molecule has 1 aromatic rings. The van der Waals surface area contributed by atoms with Crippen LogP contribution in [0.25, 0.3) is 0 Å². The van der Waals surface area contributed by atoms with E-state index in [1.165, 1.54) is 29.3 Å². The van der Waals surface area contributed by atoms with Gasteiger partial charge in [0.1, 0.15) is 0 Å². The van der Waals surface area contributed by atoms with Crippen LogP contribution in [0, 0.1) is 17.3 Å². The molecule has 1 fully saturated rings. The van der Waals surface area contributed by atoms with E-state index in [-0.39, 0.29) is 0 Å². The van der Waals surface area contributed by atoms with Crippen LogP contribution in [-0.2, 0) is 6.42 Å². The largest absolute Gasteiger partial charge is 0.316 e. The van der Waals surface area contributed by atoms with Crippen molar-refractivity contribution in [3.8, 4) is 0 Å². The highest BCUT2D eigenvalue weighted by Crippen LogP contribution is 2.47. The molecule has 1 aliphatic rings. The Morgan fingerprint density at radius 2 is 2.00 bits per heavy atom. The number of hydrogen-bond acceptors (Lipinski definition) is 1. The van der Waals surface area contributed by atoms with Gasteiger partial charge in [0.25, 0.3) is 0 Å². The number of rotatable bonds is 7. The third-order valence-corrected chi connectivity index (χ3v) is 4.97. The zero-order valence-electron chi connectivity index (χ0n) is 12.4. The molecule has 2 rings (SSSR count). The van der Waals surface area contributed by atoms with Gasteiger partial charge in [-0.2, -0.15) is 0 Å². The van der Waals surface area contributed by atoms with Gasteiger partial charge >= 0.3 is 0 Å². The van der Waals surface area contributed by atoms with Crippen molar-refractivity contribution in [1.82, 2.24) is 5.32 Å². The van der Waals surface area contributed by atoms with Crippen molar-refractivity contribution in [3.05, 3.63) is 34.3 Å². The van der Waals surface area contributed by atoms with E-state index in [1.54, 1.807) is 0 Å². The van der Waals surface area contributed by atoms with Crippen molar-refractivity contribution >= 4 is 15.9 Å². The van der Waals surface area contributed by atoms with E-state index in [0.717, 1.165) is 24.9 Å². The lowest BCUT2D eigenvalue weighted by molar-refractivity contribution is 0.251. The first-order valence-electron chi connectivity index (χ1n) is 7.45. The van der Waals surface area contributed by atoms with Gasteiger partial charge < -0.3 is 5.32 Å². The highest BCUT2D eigenvalue weighted by Gasteiger charge is 2.41. The summed E-state index contributed by atoms with van der Waals surface area (Å²) in [7, 11) is 0. The first kappa shape index (κ1) is 15.1. The topological polar surface area (TPSA) is 12.0 Å². The summed E-state index contributed by atoms with van der Waals surface area (Å²) in [5, 5.41) is 3.67. The summed E-state index contributed by atoms with van der Waals surface area (Å²) < 4.78 is 1.26. The van der Waals surface area contributed by atoms with Crippen molar-refractivity contribution in [2.24, 2.45) is 17.3 Å². The predicted molar refractivity (Wildman–Crippen MR) is 86.4 cm³/mol. The fourth-order valence-corrected chi connectivity index (χ4v) is 3.28. The molecule has 1 N–H and O–H groups in total. The van der Waals surface area contributed by atoms with Crippen LogP contribution < -0.4 is 5.32 Å². The van der Waals surface area contributed by atoms with Gasteiger partial charge in [-0.05, 0) is 54.7 Å². The molecule has 0 bridgehead atoms. The summed E-state index contributed by atoms with van der Waals surface area (Å²) in [6, 6.07) is 8.66. The van der Waals surface area contributed by atoms with Gasteiger partial charge in [-0.25, -0.2) is 0 Å². The molecule has 0 spiro atoms. The summed E-state index contributed by atoms with van der Waals surface area (Å²) in [6.45, 7) is 9.26. The number of hydrogen-bond donors (Lipinski definition) is 1. The summed E-state index contributed by atoms with van der Waals surface area (Å²) in [5.74, 6) is 1.63. The third kappa shape index (κ3) is 4.32. The molecule has 106 valence electrons. The molecule has 0 aromatic heterocycles. The molecule has 0 aliphatic heterocycles. The minimum atomic E-state index is 0.402. The molecule has 1 unspecified atom stereocenters. The molecule has 0 saturated heterocycles. The molecular formula is C17H26BrN. The van der Waals surface area contributed by atoms with Crippen molar-refractivity contribution in [1.29, 1.82) is 0 Å². The molecule has 1 aromatic carbocycles. The van der Waals surface area contributed by atoms with Gasteiger partial charge in [0.05, 0.1) is 0 Å². The normalized spacial score (nSPS) is 18.6. The van der Waals surface area contributed by atoms with Crippen LogP contribution in [0.1, 0.15) is 39.2 Å². The van der Waals surface area contributed by atoms with E-state index in [4.69, 9.17) is 0 Å². The Labute approximate surface area is 126 Å². The van der Waals surface area contributed by atoms with Crippen LogP contribution in [0.3, 0.4) is 0 Å². The lowest BCUT2D eigenvalue weighted by Gasteiger charge is -2.31. The van der Waals surface area contributed by atoms with Crippen molar-refractivity contribution in [2.45, 2.75) is 40.0 Å². The average molecular weight is 324 g/mol. The fourth-order valence-electron chi connectivity index (χ4n) is 2.85. The van der Waals surface area contributed by atoms with Crippen molar-refractivity contribution < 1.29 is 0 Å². The zero-order valence-corrected chi connectivity index (χ0v) is 14.0. The summed E-state index contributed by atoms with van der Waals surface area (Å²) >= 11 is 3.69. The van der Waals surface area contributed by atoms with E-state index < -0.39 is 0 Å². The highest BCUT2D eigenvalue weighted by molar-refractivity contribution is 9.10. The number of nitrogens with one attached hydrogen (secondary N) is 1. The molecule has 1 atom stereocenters. The number of benzene rings is 1. The lowest BCUT2D eigenvalue weighted by atomic mass is 9.79. The quantitative estimate of drug-likeness (QED) is 0.769. The Balaban J connectivity index is 2.01. The minimum Gasteiger partial charge on any atom is -0.316 e. The lowest BCUT2D eigenvalue weighted by Crippen LogP contribution is -2.37. The zero-order chi connectivity index (χ0) is 13.9. The van der Waals surface area contributed by atoms with Gasteiger partial charge in [-0.15, -0.1) is 0 Å². The van der Waals surface area contributed by atoms with Gasteiger partial charge in [0.15, 0.2) is 0 Å². The maximum absolute atomic E-state index is 3.69. The summed E-state index contributed by atoms with van der Waals surface area (Å²) in [5.41, 5.74) is 1.85. The molecule has 2 heteroatoms. The smallest absolute Gasteiger partial charge is 0.0207 e. The average Bonchev–Trinajstić information content (AvgIpc) is 3.16. The van der Waals surface area contributed by atoms with E-state index in [9.17, 15) is 0 Å². The second-order valence-corrected chi connectivity index (χ2v) is 7.58. The Hall–Kier alpha value is -0.340. The first-order valence-corrected chi connectivity index (χ1v) is 8.25. The van der Waals surface area contributed by atoms with Crippen LogP contribution in [0.5, 0.6) is 0 Å². The second-order valence-electron chi connectivity index (χ2n) is 6.72. The summed E-state index contributed by atoms with van der Waals surface area (Å²) in [4.78, 5) is 0. The molecule has 0 heterocycles. The Kier molecular flexibility index (Phi) is 5.08. The Morgan fingerprint density at radius 3 is 2.58 bits per heavy atom. The first-order chi connectivity index (χ1) is 9.01. The van der Waals surface area contributed by atoms with Crippen LogP contribution in [0.4, 0.5) is 0 Å². The highest BCUT2D eigenvalue weighted by atomic mass is 79.9. The van der Waals surface area contributed by atoms with Gasteiger partial charge in [-0.1, -0.05) is 54.9 Å². The molecular weight excluding hydrogens is 298 g/mol. The predicted octanol–water partition coefficient (Wildman–Crippen LogP) is 4.65. The van der Waals surface area contributed by atoms with Crippen LogP contribution >= 0.6 is 15.9 Å². The summed E-state index contributed by atoms with van der Waals surface area (Å²) in [6.07, 6.45) is 3.98. The van der Waals surface area contributed by atoms with Gasteiger partial charge in [0.2, 0.25) is 0 Å². The molecule has 1 aliphatic carbocycles. The van der Waals surface area contributed by atoms with E-state index in [2.05, 4.69) is 66.3 Å². The van der Waals surface area contributed by atoms with E-state index in [1.807, 2.05) is 0 Å². The van der Waals surface area contributed by atoms with Crippen LogP contribution in [0.2, 0.25) is 0 Å². The molecule has 0 radical (unpaired) electrons. The number of halogens is 1. The molecule has 1 nitrogen and oxygen atoms in total. The van der Waals surface area contributed by atoms with Gasteiger partial charge in [-0.3, -0.25) is 0 Å². The van der Waals surface area contributed by atoms with Crippen molar-refractivity contribution in [3.63, 3.8) is 0 Å². The maximum atomic E-state index is 3.69. The fraction of sp³-hybridized carbons (Fsp3) is 0.647. The third-order valence-electron chi connectivity index (χ3n) is 4.20. The van der Waals surface area contributed by atoms with E-state index in [0.29, 0.717) is 5.41 Å². The maximum Gasteiger partial charge on any atom is 0.0207 e. The SMILES string of the molecule is CC(C)CNCC(C)(Cc1ccccc1Br)C1CC1. The standard InChI is InChI=1S/C17H26BrN/c1-13(2)11-19-12-17(3,15-8-9-15)10-14-6-4-5-7-16(14)18/h4-7,13,15,19H,8-12H2,1-3H3. The van der Waals surface area contributed by atoms with E-state index >= 15 is 0 Å². The Morgan fingerprint density at radius 1 is 1.32 bits per heavy atom. The van der Waals surface area contributed by atoms with Crippen LogP contribution in [-0.4, -0.2) is 13.1 Å². The van der Waals surface area contributed by atoms with Crippen LogP contribution in [0.15, 0.2) is 28.7 Å².